The topological polar surface area (TPSA) is 37.4 Å². The third-order valence-electron chi connectivity index (χ3n) is 4.04. The molecule has 0 saturated heterocycles. The lowest BCUT2D eigenvalue weighted by molar-refractivity contribution is 0.583. The molecular formula is C17H19NO2S. The number of nitrogens with zero attached hydrogens (tertiary/aromatic N) is 1. The van der Waals surface area contributed by atoms with Crippen LogP contribution in [0.25, 0.3) is 0 Å². The molecule has 0 aliphatic carbocycles. The van der Waals surface area contributed by atoms with Crippen LogP contribution in [0.3, 0.4) is 0 Å². The molecule has 2 aromatic carbocycles. The van der Waals surface area contributed by atoms with Crippen LogP contribution in [0.4, 0.5) is 5.69 Å². The smallest absolute Gasteiger partial charge is 0.239 e. The monoisotopic (exact) mass is 301 g/mol. The second-order valence-electron chi connectivity index (χ2n) is 5.66. The van der Waals surface area contributed by atoms with E-state index in [9.17, 15) is 8.42 Å². The molecule has 21 heavy (non-hydrogen) atoms. The first-order valence-electron chi connectivity index (χ1n) is 7.13. The number of benzene rings is 2. The number of para-hydroxylation sites is 1. The van der Waals surface area contributed by atoms with E-state index in [-0.39, 0.29) is 11.8 Å². The lowest BCUT2D eigenvalue weighted by Gasteiger charge is -2.24. The van der Waals surface area contributed by atoms with Crippen molar-refractivity contribution in [3.8, 4) is 0 Å². The first-order valence-corrected chi connectivity index (χ1v) is 8.74. The zero-order chi connectivity index (χ0) is 15.0. The predicted molar refractivity (Wildman–Crippen MR) is 85.9 cm³/mol. The molecule has 0 aromatic heterocycles. The van der Waals surface area contributed by atoms with E-state index in [1.807, 2.05) is 62.4 Å². The maximum atomic E-state index is 12.9. The Morgan fingerprint density at radius 1 is 1.10 bits per heavy atom. The van der Waals surface area contributed by atoms with Gasteiger partial charge in [0, 0.05) is 6.04 Å². The maximum Gasteiger partial charge on any atom is 0.239 e. The number of aryl methyl sites for hydroxylation is 1. The molecular weight excluding hydrogens is 282 g/mol. The van der Waals surface area contributed by atoms with Crippen LogP contribution in [-0.4, -0.2) is 14.5 Å². The summed E-state index contributed by atoms with van der Waals surface area (Å²) in [5.74, 6) is 0.0539. The van der Waals surface area contributed by atoms with Gasteiger partial charge in [0.15, 0.2) is 0 Å². The SMILES string of the molecule is Cc1ccccc1CS(=O)(=O)N1c2ccccc2C[C@H]1C. The van der Waals surface area contributed by atoms with Crippen LogP contribution in [-0.2, 0) is 22.2 Å². The van der Waals surface area contributed by atoms with Crippen molar-refractivity contribution in [3.63, 3.8) is 0 Å². The third-order valence-corrected chi connectivity index (χ3v) is 5.88. The molecule has 0 N–H and O–H groups in total. The standard InChI is InChI=1S/C17H19NO2S/c1-13-7-3-4-9-16(13)12-21(19,20)18-14(2)11-15-8-5-6-10-17(15)18/h3-10,14H,11-12H2,1-2H3/t14-/m1/s1. The van der Waals surface area contributed by atoms with Gasteiger partial charge in [0.25, 0.3) is 0 Å². The van der Waals surface area contributed by atoms with E-state index in [0.717, 1.165) is 28.8 Å². The van der Waals surface area contributed by atoms with E-state index < -0.39 is 10.0 Å². The fourth-order valence-corrected chi connectivity index (χ4v) is 4.96. The van der Waals surface area contributed by atoms with Crippen molar-refractivity contribution in [1.29, 1.82) is 0 Å². The molecule has 1 aliphatic rings. The van der Waals surface area contributed by atoms with Crippen LogP contribution >= 0.6 is 0 Å². The fraction of sp³-hybridized carbons (Fsp3) is 0.294. The molecule has 1 atom stereocenters. The highest BCUT2D eigenvalue weighted by Gasteiger charge is 2.34. The van der Waals surface area contributed by atoms with E-state index in [2.05, 4.69) is 0 Å². The summed E-state index contributed by atoms with van der Waals surface area (Å²) in [6.45, 7) is 3.92. The van der Waals surface area contributed by atoms with Gasteiger partial charge in [-0.05, 0) is 43.0 Å². The first kappa shape index (κ1) is 14.1. The molecule has 2 aromatic rings. The summed E-state index contributed by atoms with van der Waals surface area (Å²) < 4.78 is 27.3. The highest BCUT2D eigenvalue weighted by molar-refractivity contribution is 7.92. The molecule has 0 fully saturated rings. The Bertz CT molecular complexity index is 768. The lowest BCUT2D eigenvalue weighted by atomic mass is 10.1. The Morgan fingerprint density at radius 2 is 1.76 bits per heavy atom. The van der Waals surface area contributed by atoms with Crippen molar-refractivity contribution in [1.82, 2.24) is 0 Å². The molecule has 1 aliphatic heterocycles. The highest BCUT2D eigenvalue weighted by Crippen LogP contribution is 2.35. The summed E-state index contributed by atoms with van der Waals surface area (Å²) in [6.07, 6.45) is 0.781. The number of rotatable bonds is 3. The summed E-state index contributed by atoms with van der Waals surface area (Å²) >= 11 is 0. The van der Waals surface area contributed by atoms with E-state index in [4.69, 9.17) is 0 Å². The second kappa shape index (κ2) is 5.19. The van der Waals surface area contributed by atoms with E-state index >= 15 is 0 Å². The van der Waals surface area contributed by atoms with Crippen molar-refractivity contribution in [3.05, 3.63) is 65.2 Å². The summed E-state index contributed by atoms with van der Waals surface area (Å²) in [5.41, 5.74) is 3.83. The van der Waals surface area contributed by atoms with Gasteiger partial charge >= 0.3 is 0 Å². The van der Waals surface area contributed by atoms with Gasteiger partial charge in [-0.1, -0.05) is 42.5 Å². The molecule has 0 spiro atoms. The Balaban J connectivity index is 1.98. The van der Waals surface area contributed by atoms with Gasteiger partial charge in [0.2, 0.25) is 10.0 Å². The molecule has 4 heteroatoms. The van der Waals surface area contributed by atoms with Gasteiger partial charge in [-0.2, -0.15) is 0 Å². The number of anilines is 1. The van der Waals surface area contributed by atoms with Crippen molar-refractivity contribution < 1.29 is 8.42 Å². The summed E-state index contributed by atoms with van der Waals surface area (Å²) in [6, 6.07) is 15.4. The minimum Gasteiger partial charge on any atom is -0.267 e. The average molecular weight is 301 g/mol. The Kier molecular flexibility index (Phi) is 3.49. The minimum absolute atomic E-state index is 0.0172. The van der Waals surface area contributed by atoms with Crippen LogP contribution in [0, 0.1) is 6.92 Å². The number of hydrogen-bond donors (Lipinski definition) is 0. The molecule has 0 amide bonds. The number of hydrogen-bond acceptors (Lipinski definition) is 2. The maximum absolute atomic E-state index is 12.9. The van der Waals surface area contributed by atoms with Crippen molar-refractivity contribution >= 4 is 15.7 Å². The quantitative estimate of drug-likeness (QED) is 0.872. The Labute approximate surface area is 126 Å². The lowest BCUT2D eigenvalue weighted by Crippen LogP contribution is -2.36. The van der Waals surface area contributed by atoms with Crippen molar-refractivity contribution in [2.45, 2.75) is 32.1 Å². The van der Waals surface area contributed by atoms with Gasteiger partial charge in [-0.25, -0.2) is 8.42 Å². The third kappa shape index (κ3) is 2.56. The first-order chi connectivity index (χ1) is 9.99. The summed E-state index contributed by atoms with van der Waals surface area (Å²) in [5, 5.41) is 0. The van der Waals surface area contributed by atoms with Crippen molar-refractivity contribution in [2.75, 3.05) is 4.31 Å². The molecule has 3 rings (SSSR count). The fourth-order valence-electron chi connectivity index (χ4n) is 3.00. The Morgan fingerprint density at radius 3 is 2.52 bits per heavy atom. The highest BCUT2D eigenvalue weighted by atomic mass is 32.2. The normalized spacial score (nSPS) is 17.8. The largest absolute Gasteiger partial charge is 0.267 e. The number of sulfonamides is 1. The number of fused-ring (bicyclic) bond motifs is 1. The van der Waals surface area contributed by atoms with E-state index in [1.54, 1.807) is 4.31 Å². The van der Waals surface area contributed by atoms with Crippen LogP contribution in [0.2, 0.25) is 0 Å². The Hall–Kier alpha value is -1.81. The summed E-state index contributed by atoms with van der Waals surface area (Å²) in [7, 11) is -3.36. The van der Waals surface area contributed by atoms with E-state index in [1.165, 1.54) is 0 Å². The molecule has 110 valence electrons. The molecule has 0 bridgehead atoms. The van der Waals surface area contributed by atoms with Crippen molar-refractivity contribution in [2.24, 2.45) is 0 Å². The van der Waals surface area contributed by atoms with E-state index in [0.29, 0.717) is 0 Å². The predicted octanol–water partition coefficient (Wildman–Crippen LogP) is 3.28. The second-order valence-corrected chi connectivity index (χ2v) is 7.51. The molecule has 1 heterocycles. The van der Waals surface area contributed by atoms with Crippen LogP contribution < -0.4 is 4.31 Å². The average Bonchev–Trinajstić information content (AvgIpc) is 2.77. The molecule has 3 nitrogen and oxygen atoms in total. The van der Waals surface area contributed by atoms with Crippen LogP contribution in [0.1, 0.15) is 23.6 Å². The van der Waals surface area contributed by atoms with Gasteiger partial charge in [0.1, 0.15) is 0 Å². The molecule has 0 saturated carbocycles. The summed E-state index contributed by atoms with van der Waals surface area (Å²) in [4.78, 5) is 0. The van der Waals surface area contributed by atoms with Gasteiger partial charge < -0.3 is 0 Å². The van der Waals surface area contributed by atoms with Crippen LogP contribution in [0.15, 0.2) is 48.5 Å². The zero-order valence-electron chi connectivity index (χ0n) is 12.3. The molecule has 0 radical (unpaired) electrons. The van der Waals surface area contributed by atoms with Gasteiger partial charge in [-0.15, -0.1) is 0 Å². The van der Waals surface area contributed by atoms with Gasteiger partial charge in [-0.3, -0.25) is 4.31 Å². The van der Waals surface area contributed by atoms with Gasteiger partial charge in [0.05, 0.1) is 11.4 Å². The minimum atomic E-state index is -3.36. The van der Waals surface area contributed by atoms with Crippen LogP contribution in [0.5, 0.6) is 0 Å². The zero-order valence-corrected chi connectivity index (χ0v) is 13.1. The molecule has 0 unspecified atom stereocenters.